The van der Waals surface area contributed by atoms with Gasteiger partial charge in [-0.25, -0.2) is 0 Å². The number of hydrogen-bond acceptors (Lipinski definition) is 1. The van der Waals surface area contributed by atoms with Gasteiger partial charge in [0.25, 0.3) is 0 Å². The van der Waals surface area contributed by atoms with Gasteiger partial charge in [0.15, 0.2) is 0 Å². The summed E-state index contributed by atoms with van der Waals surface area (Å²) in [6.45, 7) is 6.82. The van der Waals surface area contributed by atoms with Gasteiger partial charge in [0, 0.05) is 50.2 Å². The third-order valence-electron chi connectivity index (χ3n) is 14.4. The van der Waals surface area contributed by atoms with Crippen molar-refractivity contribution in [3.8, 4) is 44.9 Å². The molecule has 1 aliphatic carbocycles. The molecule has 0 amide bonds. The molecule has 0 fully saturated rings. The van der Waals surface area contributed by atoms with Gasteiger partial charge in [-0.2, -0.15) is 0 Å². The molecule has 0 saturated heterocycles. The second-order valence-electron chi connectivity index (χ2n) is 19.2. The predicted molar refractivity (Wildman–Crippen MR) is 280 cm³/mol. The van der Waals surface area contributed by atoms with Crippen LogP contribution in [0.5, 0.6) is 0 Å². The maximum absolute atomic E-state index is 5.09. The highest BCUT2D eigenvalue weighted by molar-refractivity contribution is 6.10. The highest BCUT2D eigenvalue weighted by atomic mass is 15.0. The van der Waals surface area contributed by atoms with Crippen LogP contribution in [0.1, 0.15) is 48.6 Å². The highest BCUT2D eigenvalue weighted by Crippen LogP contribution is 2.57. The summed E-state index contributed by atoms with van der Waals surface area (Å²) >= 11 is 0. The first-order valence-electron chi connectivity index (χ1n) is 23.4. The van der Waals surface area contributed by atoms with Gasteiger partial charge in [-0.15, -0.1) is 0 Å². The van der Waals surface area contributed by atoms with E-state index in [4.69, 9.17) is 4.98 Å². The van der Waals surface area contributed by atoms with E-state index >= 15 is 0 Å². The van der Waals surface area contributed by atoms with Gasteiger partial charge in [0.1, 0.15) is 0 Å². The number of fused-ring (bicyclic) bond motifs is 9. The van der Waals surface area contributed by atoms with Crippen molar-refractivity contribution in [2.75, 3.05) is 0 Å². The third-order valence-corrected chi connectivity index (χ3v) is 14.4. The standard InChI is InChI=1S/C64H47N3/c1-63(2,3)45-30-35-49(36-31-45)67-61-26-13-8-21-54(61)55-40-47(32-38-62(55)67)64(56-22-9-4-17-50(56)51-18-5-10-23-57(51)64)46-16-14-15-43(39-46)44-29-37-58(65-41-44)42-27-33-48(34-28-42)66-59-24-11-6-19-52(59)53-20-7-12-25-60(53)66/h4-41H,1-3H3. The van der Waals surface area contributed by atoms with E-state index in [1.807, 2.05) is 6.20 Å². The fourth-order valence-corrected chi connectivity index (χ4v) is 11.3. The molecule has 0 atom stereocenters. The zero-order valence-electron chi connectivity index (χ0n) is 37.8. The monoisotopic (exact) mass is 857 g/mol. The van der Waals surface area contributed by atoms with Crippen molar-refractivity contribution in [2.45, 2.75) is 31.6 Å². The van der Waals surface area contributed by atoms with E-state index in [0.717, 1.165) is 28.1 Å². The van der Waals surface area contributed by atoms with Crippen LogP contribution >= 0.6 is 0 Å². The van der Waals surface area contributed by atoms with E-state index in [1.54, 1.807) is 0 Å². The lowest BCUT2D eigenvalue weighted by atomic mass is 9.67. The van der Waals surface area contributed by atoms with Crippen molar-refractivity contribution in [3.63, 3.8) is 0 Å². The van der Waals surface area contributed by atoms with E-state index in [9.17, 15) is 0 Å². The molecule has 318 valence electrons. The molecule has 9 aromatic carbocycles. The van der Waals surface area contributed by atoms with Gasteiger partial charge >= 0.3 is 0 Å². The summed E-state index contributed by atoms with van der Waals surface area (Å²) in [6, 6.07) is 82.9. The number of nitrogens with zero attached hydrogens (tertiary/aromatic N) is 3. The number of aromatic nitrogens is 3. The first-order chi connectivity index (χ1) is 32.9. The normalized spacial score (nSPS) is 13.1. The molecule has 12 aromatic rings. The van der Waals surface area contributed by atoms with Crippen LogP contribution in [0, 0.1) is 0 Å². The molecule has 3 heterocycles. The van der Waals surface area contributed by atoms with Crippen LogP contribution in [0.15, 0.2) is 231 Å². The lowest BCUT2D eigenvalue weighted by Gasteiger charge is -2.34. The van der Waals surface area contributed by atoms with Crippen molar-refractivity contribution >= 4 is 43.6 Å². The Morgan fingerprint density at radius 3 is 1.43 bits per heavy atom. The Balaban J connectivity index is 0.920. The number of hydrogen-bond donors (Lipinski definition) is 0. The fourth-order valence-electron chi connectivity index (χ4n) is 11.3. The molecule has 67 heavy (non-hydrogen) atoms. The summed E-state index contributed by atoms with van der Waals surface area (Å²) in [5.41, 5.74) is 19.8. The molecule has 1 aliphatic rings. The minimum absolute atomic E-state index is 0.0807. The number of para-hydroxylation sites is 3. The maximum atomic E-state index is 5.09. The molecule has 0 aliphatic heterocycles. The first-order valence-corrected chi connectivity index (χ1v) is 23.4. The molecule has 0 saturated carbocycles. The molecule has 0 unspecified atom stereocenters. The quantitative estimate of drug-likeness (QED) is 0.163. The Kier molecular flexibility index (Phi) is 8.69. The molecular weight excluding hydrogens is 811 g/mol. The first kappa shape index (κ1) is 39.1. The van der Waals surface area contributed by atoms with Gasteiger partial charge in [0.05, 0.1) is 33.2 Å². The van der Waals surface area contributed by atoms with Crippen LogP contribution in [0.4, 0.5) is 0 Å². The van der Waals surface area contributed by atoms with Crippen molar-refractivity contribution in [1.29, 1.82) is 0 Å². The molecule has 13 rings (SSSR count). The van der Waals surface area contributed by atoms with Crippen LogP contribution in [0.2, 0.25) is 0 Å². The van der Waals surface area contributed by atoms with Crippen LogP contribution < -0.4 is 0 Å². The summed E-state index contributed by atoms with van der Waals surface area (Å²) in [5, 5.41) is 5.01. The second kappa shape index (κ2) is 14.9. The summed E-state index contributed by atoms with van der Waals surface area (Å²) < 4.78 is 4.79. The lowest BCUT2D eigenvalue weighted by Crippen LogP contribution is -2.28. The van der Waals surface area contributed by atoms with Crippen LogP contribution in [0.3, 0.4) is 0 Å². The minimum atomic E-state index is -0.569. The Hall–Kier alpha value is -8.27. The van der Waals surface area contributed by atoms with Crippen molar-refractivity contribution in [2.24, 2.45) is 0 Å². The average molecular weight is 858 g/mol. The Labute approximate surface area is 390 Å². The number of rotatable bonds is 6. The van der Waals surface area contributed by atoms with E-state index in [1.165, 1.54) is 88.2 Å². The van der Waals surface area contributed by atoms with E-state index in [0.29, 0.717) is 0 Å². The third kappa shape index (κ3) is 5.94. The topological polar surface area (TPSA) is 22.8 Å². The molecule has 0 spiro atoms. The van der Waals surface area contributed by atoms with Gasteiger partial charge in [-0.05, 0) is 117 Å². The minimum Gasteiger partial charge on any atom is -0.309 e. The fraction of sp³-hybridized carbons (Fsp3) is 0.0781. The molecular formula is C64H47N3. The van der Waals surface area contributed by atoms with Crippen LogP contribution in [-0.4, -0.2) is 14.1 Å². The van der Waals surface area contributed by atoms with Gasteiger partial charge in [-0.3, -0.25) is 4.98 Å². The van der Waals surface area contributed by atoms with Crippen molar-refractivity contribution in [3.05, 3.63) is 258 Å². The molecule has 0 bridgehead atoms. The van der Waals surface area contributed by atoms with E-state index in [2.05, 4.69) is 254 Å². The molecule has 0 radical (unpaired) electrons. The number of pyridine rings is 1. The highest BCUT2D eigenvalue weighted by Gasteiger charge is 2.46. The Bertz CT molecular complexity index is 3780. The van der Waals surface area contributed by atoms with Crippen molar-refractivity contribution in [1.82, 2.24) is 14.1 Å². The van der Waals surface area contributed by atoms with Gasteiger partial charge in [0.2, 0.25) is 0 Å². The lowest BCUT2D eigenvalue weighted by molar-refractivity contribution is 0.590. The molecule has 3 heteroatoms. The second-order valence-corrected chi connectivity index (χ2v) is 19.2. The van der Waals surface area contributed by atoms with E-state index in [-0.39, 0.29) is 5.41 Å². The van der Waals surface area contributed by atoms with Crippen molar-refractivity contribution < 1.29 is 0 Å². The Morgan fingerprint density at radius 1 is 0.373 bits per heavy atom. The zero-order valence-corrected chi connectivity index (χ0v) is 37.8. The van der Waals surface area contributed by atoms with Crippen LogP contribution in [-0.2, 0) is 10.8 Å². The van der Waals surface area contributed by atoms with Gasteiger partial charge in [-0.1, -0.05) is 178 Å². The predicted octanol–water partition coefficient (Wildman–Crippen LogP) is 16.3. The van der Waals surface area contributed by atoms with E-state index < -0.39 is 5.41 Å². The smallest absolute Gasteiger partial charge is 0.0714 e. The Morgan fingerprint density at radius 2 is 0.866 bits per heavy atom. The number of benzene rings is 9. The SMILES string of the molecule is CC(C)(C)c1ccc(-n2c3ccccc3c3cc(C4(c5cccc(-c6ccc(-c7ccc(-n8c9ccccc9c9ccccc98)cc7)nc6)c5)c5ccccc5-c5ccccc54)ccc32)cc1. The summed E-state index contributed by atoms with van der Waals surface area (Å²) in [5.74, 6) is 0. The molecule has 0 N–H and O–H groups in total. The summed E-state index contributed by atoms with van der Waals surface area (Å²) in [6.07, 6.45) is 2.04. The summed E-state index contributed by atoms with van der Waals surface area (Å²) in [7, 11) is 0. The summed E-state index contributed by atoms with van der Waals surface area (Å²) in [4.78, 5) is 5.09. The van der Waals surface area contributed by atoms with Crippen LogP contribution in [0.25, 0.3) is 88.5 Å². The van der Waals surface area contributed by atoms with Gasteiger partial charge < -0.3 is 9.13 Å². The molecule has 3 aromatic heterocycles. The maximum Gasteiger partial charge on any atom is 0.0714 e. The molecule has 3 nitrogen and oxygen atoms in total. The average Bonchev–Trinajstić information content (AvgIpc) is 4.01. The zero-order chi connectivity index (χ0) is 44.9. The largest absolute Gasteiger partial charge is 0.309 e.